The molecule has 0 amide bonds. The van der Waals surface area contributed by atoms with Crippen LogP contribution >= 0.6 is 31.9 Å². The molecule has 1 aliphatic rings. The van der Waals surface area contributed by atoms with Crippen LogP contribution in [-0.2, 0) is 6.54 Å². The van der Waals surface area contributed by atoms with Crippen LogP contribution in [0.2, 0.25) is 0 Å². The number of benzene rings is 1. The van der Waals surface area contributed by atoms with Crippen LogP contribution in [0.1, 0.15) is 51.5 Å². The SMILES string of the molecule is CCOc1c(Br)cc(CN[C@H](C)C2CCCCC2)cc1Br. The lowest BCUT2D eigenvalue weighted by Crippen LogP contribution is -2.34. The molecule has 2 rings (SSSR count). The lowest BCUT2D eigenvalue weighted by molar-refractivity contribution is 0.280. The summed E-state index contributed by atoms with van der Waals surface area (Å²) in [4.78, 5) is 0. The zero-order chi connectivity index (χ0) is 15.2. The van der Waals surface area contributed by atoms with E-state index in [1.807, 2.05) is 6.92 Å². The minimum atomic E-state index is 0.592. The molecule has 1 atom stereocenters. The van der Waals surface area contributed by atoms with Gasteiger partial charge >= 0.3 is 0 Å². The van der Waals surface area contributed by atoms with Crippen molar-refractivity contribution in [2.75, 3.05) is 6.61 Å². The third-order valence-corrected chi connectivity index (χ3v) is 5.51. The number of ether oxygens (including phenoxy) is 1. The number of halogens is 2. The van der Waals surface area contributed by atoms with Crippen molar-refractivity contribution in [1.29, 1.82) is 0 Å². The van der Waals surface area contributed by atoms with Gasteiger partial charge < -0.3 is 10.1 Å². The molecular formula is C17H25Br2NO. The maximum absolute atomic E-state index is 5.63. The molecule has 0 bridgehead atoms. The van der Waals surface area contributed by atoms with Crippen LogP contribution in [-0.4, -0.2) is 12.6 Å². The first-order chi connectivity index (χ1) is 10.1. The first kappa shape index (κ1) is 17.3. The molecule has 0 heterocycles. The summed E-state index contributed by atoms with van der Waals surface area (Å²) in [6, 6.07) is 4.89. The highest BCUT2D eigenvalue weighted by molar-refractivity contribution is 9.11. The largest absolute Gasteiger partial charge is 0.492 e. The molecule has 0 aliphatic heterocycles. The van der Waals surface area contributed by atoms with E-state index in [4.69, 9.17) is 4.74 Å². The van der Waals surface area contributed by atoms with Crippen LogP contribution in [0.25, 0.3) is 0 Å². The van der Waals surface area contributed by atoms with E-state index in [1.54, 1.807) is 0 Å². The molecule has 1 N–H and O–H groups in total. The molecular weight excluding hydrogens is 394 g/mol. The molecule has 2 nitrogen and oxygen atoms in total. The van der Waals surface area contributed by atoms with Gasteiger partial charge in [-0.1, -0.05) is 19.3 Å². The molecule has 21 heavy (non-hydrogen) atoms. The van der Waals surface area contributed by atoms with Gasteiger partial charge in [-0.3, -0.25) is 0 Å². The summed E-state index contributed by atoms with van der Waals surface area (Å²) in [5, 5.41) is 3.69. The maximum Gasteiger partial charge on any atom is 0.147 e. The Kier molecular flexibility index (Phi) is 7.03. The fourth-order valence-electron chi connectivity index (χ4n) is 3.08. The van der Waals surface area contributed by atoms with Crippen molar-refractivity contribution in [2.24, 2.45) is 5.92 Å². The van der Waals surface area contributed by atoms with Crippen molar-refractivity contribution in [2.45, 2.75) is 58.5 Å². The molecule has 118 valence electrons. The Morgan fingerprint density at radius 1 is 1.19 bits per heavy atom. The Morgan fingerprint density at radius 3 is 2.38 bits per heavy atom. The van der Waals surface area contributed by atoms with Gasteiger partial charge in [-0.25, -0.2) is 0 Å². The van der Waals surface area contributed by atoms with Crippen molar-refractivity contribution in [3.8, 4) is 5.75 Å². The highest BCUT2D eigenvalue weighted by Gasteiger charge is 2.19. The van der Waals surface area contributed by atoms with Crippen LogP contribution in [0, 0.1) is 5.92 Å². The molecule has 0 unspecified atom stereocenters. The van der Waals surface area contributed by atoms with Gasteiger partial charge in [-0.05, 0) is 82.2 Å². The fourth-order valence-corrected chi connectivity index (χ4v) is 4.59. The van der Waals surface area contributed by atoms with Crippen LogP contribution in [0.3, 0.4) is 0 Å². The van der Waals surface area contributed by atoms with Gasteiger partial charge in [0.15, 0.2) is 0 Å². The predicted octanol–water partition coefficient (Wildman–Crippen LogP) is 5.67. The fraction of sp³-hybridized carbons (Fsp3) is 0.647. The summed E-state index contributed by atoms with van der Waals surface area (Å²) in [6.07, 6.45) is 6.98. The van der Waals surface area contributed by atoms with E-state index in [2.05, 4.69) is 56.2 Å². The first-order valence-corrected chi connectivity index (χ1v) is 9.54. The predicted molar refractivity (Wildman–Crippen MR) is 95.9 cm³/mol. The molecule has 0 aromatic heterocycles. The van der Waals surface area contributed by atoms with Gasteiger partial charge in [0.25, 0.3) is 0 Å². The second kappa shape index (κ2) is 8.54. The van der Waals surface area contributed by atoms with Gasteiger partial charge in [0, 0.05) is 12.6 Å². The normalized spacial score (nSPS) is 17.7. The Balaban J connectivity index is 1.93. The van der Waals surface area contributed by atoms with Crippen LogP contribution in [0.5, 0.6) is 5.75 Å². The van der Waals surface area contributed by atoms with E-state index in [0.717, 1.165) is 27.2 Å². The third-order valence-electron chi connectivity index (χ3n) is 4.33. The summed E-state index contributed by atoms with van der Waals surface area (Å²) in [6.45, 7) is 5.91. The Bertz CT molecular complexity index is 435. The van der Waals surface area contributed by atoms with Crippen molar-refractivity contribution in [1.82, 2.24) is 5.32 Å². The molecule has 1 aromatic rings. The van der Waals surface area contributed by atoms with Crippen molar-refractivity contribution < 1.29 is 4.74 Å². The number of hydrogen-bond donors (Lipinski definition) is 1. The smallest absolute Gasteiger partial charge is 0.147 e. The van der Waals surface area contributed by atoms with E-state index < -0.39 is 0 Å². The summed E-state index contributed by atoms with van der Waals surface area (Å²) in [5.74, 6) is 1.73. The van der Waals surface area contributed by atoms with Gasteiger partial charge in [-0.2, -0.15) is 0 Å². The highest BCUT2D eigenvalue weighted by Crippen LogP contribution is 2.35. The zero-order valence-corrected chi connectivity index (χ0v) is 16.1. The van der Waals surface area contributed by atoms with Crippen LogP contribution < -0.4 is 10.1 Å². The molecule has 1 aliphatic carbocycles. The minimum absolute atomic E-state index is 0.592. The number of hydrogen-bond acceptors (Lipinski definition) is 2. The average molecular weight is 419 g/mol. The second-order valence-electron chi connectivity index (χ2n) is 5.89. The summed E-state index contributed by atoms with van der Waals surface area (Å²) >= 11 is 7.20. The molecule has 1 fully saturated rings. The minimum Gasteiger partial charge on any atom is -0.492 e. The molecule has 0 spiro atoms. The maximum atomic E-state index is 5.63. The summed E-state index contributed by atoms with van der Waals surface area (Å²) in [5.41, 5.74) is 1.28. The van der Waals surface area contributed by atoms with Crippen LogP contribution in [0.4, 0.5) is 0 Å². The lowest BCUT2D eigenvalue weighted by Gasteiger charge is -2.28. The third kappa shape index (κ3) is 4.97. The average Bonchev–Trinajstić information content (AvgIpc) is 2.49. The topological polar surface area (TPSA) is 21.3 Å². The van der Waals surface area contributed by atoms with Gasteiger partial charge in [0.1, 0.15) is 5.75 Å². The standard InChI is InChI=1S/C17H25Br2NO/c1-3-21-17-15(18)9-13(10-16(17)19)11-20-12(2)14-7-5-4-6-8-14/h9-10,12,14,20H,3-8,11H2,1-2H3/t12-/m1/s1. The van der Waals surface area contributed by atoms with Gasteiger partial charge in [-0.15, -0.1) is 0 Å². The molecule has 4 heteroatoms. The quantitative estimate of drug-likeness (QED) is 0.642. The Morgan fingerprint density at radius 2 is 1.81 bits per heavy atom. The van der Waals surface area contributed by atoms with Crippen molar-refractivity contribution in [3.05, 3.63) is 26.6 Å². The monoisotopic (exact) mass is 417 g/mol. The van der Waals surface area contributed by atoms with E-state index in [0.29, 0.717) is 12.6 Å². The van der Waals surface area contributed by atoms with Gasteiger partial charge in [0.05, 0.1) is 15.6 Å². The van der Waals surface area contributed by atoms with E-state index in [1.165, 1.54) is 37.7 Å². The number of rotatable bonds is 6. The first-order valence-electron chi connectivity index (χ1n) is 7.96. The van der Waals surface area contributed by atoms with Crippen LogP contribution in [0.15, 0.2) is 21.1 Å². The van der Waals surface area contributed by atoms with E-state index in [9.17, 15) is 0 Å². The highest BCUT2D eigenvalue weighted by atomic mass is 79.9. The Hall–Kier alpha value is -0.0600. The molecule has 1 aromatic carbocycles. The summed E-state index contributed by atoms with van der Waals surface area (Å²) < 4.78 is 7.66. The number of nitrogens with one attached hydrogen (secondary N) is 1. The second-order valence-corrected chi connectivity index (χ2v) is 7.60. The van der Waals surface area contributed by atoms with Crippen molar-refractivity contribution >= 4 is 31.9 Å². The van der Waals surface area contributed by atoms with E-state index in [-0.39, 0.29) is 0 Å². The summed E-state index contributed by atoms with van der Waals surface area (Å²) in [7, 11) is 0. The molecule has 0 saturated heterocycles. The Labute approximate surface area is 145 Å². The van der Waals surface area contributed by atoms with Gasteiger partial charge in [0.2, 0.25) is 0 Å². The molecule has 0 radical (unpaired) electrons. The molecule has 1 saturated carbocycles. The van der Waals surface area contributed by atoms with Crippen molar-refractivity contribution in [3.63, 3.8) is 0 Å². The lowest BCUT2D eigenvalue weighted by atomic mass is 9.84. The zero-order valence-electron chi connectivity index (χ0n) is 12.9. The van der Waals surface area contributed by atoms with E-state index >= 15 is 0 Å².